The van der Waals surface area contributed by atoms with Gasteiger partial charge in [0.1, 0.15) is 0 Å². The Morgan fingerprint density at radius 3 is 2.71 bits per heavy atom. The lowest BCUT2D eigenvalue weighted by molar-refractivity contribution is 0.395. The molecule has 3 aromatic rings. The van der Waals surface area contributed by atoms with Crippen LogP contribution in [0.5, 0.6) is 0 Å². The molecule has 1 atom stereocenters. The third-order valence-corrected chi connectivity index (χ3v) is 7.05. The maximum absolute atomic E-state index is 5.79. The highest BCUT2D eigenvalue weighted by Gasteiger charge is 2.34. The number of unbranched alkanes of at least 4 members (excludes halogenated alkanes) is 2. The van der Waals surface area contributed by atoms with E-state index in [-0.39, 0.29) is 6.04 Å². The smallest absolute Gasteiger partial charge is 0.258 e. The molecule has 0 aliphatic carbocycles. The van der Waals surface area contributed by atoms with Crippen molar-refractivity contribution in [3.05, 3.63) is 64.0 Å². The molecule has 0 amide bonds. The van der Waals surface area contributed by atoms with E-state index >= 15 is 0 Å². The first-order chi connectivity index (χ1) is 15.0. The quantitative estimate of drug-likeness (QED) is 0.337. The van der Waals surface area contributed by atoms with Gasteiger partial charge in [-0.05, 0) is 67.5 Å². The van der Waals surface area contributed by atoms with E-state index in [1.807, 2.05) is 17.5 Å². The van der Waals surface area contributed by atoms with Crippen molar-refractivity contribution in [2.24, 2.45) is 0 Å². The number of benzene rings is 1. The summed E-state index contributed by atoms with van der Waals surface area (Å²) in [4.78, 5) is 7.93. The fourth-order valence-electron chi connectivity index (χ4n) is 3.88. The molecule has 7 heteroatoms. The van der Waals surface area contributed by atoms with Gasteiger partial charge in [-0.25, -0.2) is 0 Å². The third kappa shape index (κ3) is 4.43. The molecule has 1 aliphatic heterocycles. The molecule has 0 bridgehead atoms. The summed E-state index contributed by atoms with van der Waals surface area (Å²) in [6.45, 7) is 9.45. The zero-order chi connectivity index (χ0) is 22.0. The Morgan fingerprint density at radius 2 is 2.00 bits per heavy atom. The first-order valence-corrected chi connectivity index (χ1v) is 12.0. The monoisotopic (exact) mass is 452 g/mol. The summed E-state index contributed by atoms with van der Waals surface area (Å²) in [5.41, 5.74) is 5.72. The molecular formula is C24H28N4OS2. The first-order valence-electron chi connectivity index (χ1n) is 10.7. The number of aryl methyl sites for hydroxylation is 2. The molecule has 1 aliphatic rings. The number of rotatable bonds is 7. The van der Waals surface area contributed by atoms with Crippen molar-refractivity contribution in [1.82, 2.24) is 20.4 Å². The number of aromatic nitrogens is 2. The van der Waals surface area contributed by atoms with Crippen LogP contribution < -0.4 is 5.32 Å². The van der Waals surface area contributed by atoms with Crippen LogP contribution >= 0.6 is 23.6 Å². The second-order valence-electron chi connectivity index (χ2n) is 7.98. The van der Waals surface area contributed by atoms with Crippen LogP contribution in [0.2, 0.25) is 0 Å². The standard InChI is InChI=1S/C24H28N4OS2/c1-5-6-7-12-28-17(4)20(23-26-22(27-29-23)19-9-8-13-31-19)21(25-24(28)30)18-11-10-15(2)16(3)14-18/h8-11,13-14,21H,5-7,12H2,1-4H3,(H,25,30). The second-order valence-corrected chi connectivity index (χ2v) is 9.32. The number of thiocarbonyl (C=S) groups is 1. The molecule has 31 heavy (non-hydrogen) atoms. The number of thiophene rings is 1. The van der Waals surface area contributed by atoms with E-state index in [9.17, 15) is 0 Å². The Balaban J connectivity index is 1.78. The van der Waals surface area contributed by atoms with Crippen molar-refractivity contribution in [3.63, 3.8) is 0 Å². The normalized spacial score (nSPS) is 16.7. The van der Waals surface area contributed by atoms with Crippen molar-refractivity contribution >= 4 is 34.2 Å². The SMILES string of the molecule is CCCCCN1C(=S)NC(c2ccc(C)c(C)c2)C(c2nc(-c3cccs3)no2)=C1C. The molecule has 0 saturated carbocycles. The largest absolute Gasteiger partial charge is 0.351 e. The average molecular weight is 453 g/mol. The molecule has 1 N–H and O–H groups in total. The molecule has 0 spiro atoms. The van der Waals surface area contributed by atoms with E-state index in [1.54, 1.807) is 11.3 Å². The van der Waals surface area contributed by atoms with Crippen molar-refractivity contribution in [3.8, 4) is 10.7 Å². The molecule has 0 saturated heterocycles. The van der Waals surface area contributed by atoms with E-state index in [1.165, 1.54) is 24.0 Å². The molecule has 0 radical (unpaired) electrons. The van der Waals surface area contributed by atoms with Crippen LogP contribution in [-0.2, 0) is 0 Å². The van der Waals surface area contributed by atoms with Crippen LogP contribution in [0.1, 0.15) is 61.7 Å². The van der Waals surface area contributed by atoms with Crippen molar-refractivity contribution in [2.45, 2.75) is 53.0 Å². The van der Waals surface area contributed by atoms with Gasteiger partial charge in [-0.2, -0.15) is 4.98 Å². The van der Waals surface area contributed by atoms with Gasteiger partial charge in [-0.15, -0.1) is 11.3 Å². The number of allylic oxidation sites excluding steroid dienone is 1. The van der Waals surface area contributed by atoms with E-state index in [2.05, 4.69) is 61.3 Å². The minimum absolute atomic E-state index is 0.133. The Kier molecular flexibility index (Phi) is 6.53. The molecule has 1 aromatic carbocycles. The van der Waals surface area contributed by atoms with Gasteiger partial charge in [0.25, 0.3) is 5.89 Å². The van der Waals surface area contributed by atoms with Crippen LogP contribution in [0.4, 0.5) is 0 Å². The first kappa shape index (κ1) is 21.7. The van der Waals surface area contributed by atoms with Gasteiger partial charge in [-0.3, -0.25) is 0 Å². The average Bonchev–Trinajstić information content (AvgIpc) is 3.44. The van der Waals surface area contributed by atoms with Crippen LogP contribution in [-0.4, -0.2) is 26.7 Å². The molecule has 2 aromatic heterocycles. The summed E-state index contributed by atoms with van der Waals surface area (Å²) in [6, 6.07) is 10.4. The zero-order valence-corrected chi connectivity index (χ0v) is 20.1. The second kappa shape index (κ2) is 9.32. The lowest BCUT2D eigenvalue weighted by Gasteiger charge is -2.37. The van der Waals surface area contributed by atoms with E-state index in [0.29, 0.717) is 11.7 Å². The predicted molar refractivity (Wildman–Crippen MR) is 131 cm³/mol. The lowest BCUT2D eigenvalue weighted by atomic mass is 9.92. The molecular weight excluding hydrogens is 424 g/mol. The number of hydrogen-bond acceptors (Lipinski definition) is 5. The molecule has 3 heterocycles. The van der Waals surface area contributed by atoms with Gasteiger partial charge in [-0.1, -0.05) is 49.2 Å². The minimum Gasteiger partial charge on any atom is -0.351 e. The summed E-state index contributed by atoms with van der Waals surface area (Å²) in [5.74, 6) is 1.16. The lowest BCUT2D eigenvalue weighted by Crippen LogP contribution is -2.46. The molecule has 162 valence electrons. The topological polar surface area (TPSA) is 54.2 Å². The summed E-state index contributed by atoms with van der Waals surface area (Å²) in [6.07, 6.45) is 3.43. The van der Waals surface area contributed by atoms with Gasteiger partial charge < -0.3 is 14.7 Å². The summed E-state index contributed by atoms with van der Waals surface area (Å²) < 4.78 is 5.79. The molecule has 0 fully saturated rings. The molecule has 4 rings (SSSR count). The fraction of sp³-hybridized carbons (Fsp3) is 0.375. The van der Waals surface area contributed by atoms with Gasteiger partial charge in [0.05, 0.1) is 16.5 Å². The zero-order valence-electron chi connectivity index (χ0n) is 18.4. The Hall–Kier alpha value is -2.51. The maximum Gasteiger partial charge on any atom is 0.258 e. The predicted octanol–water partition coefficient (Wildman–Crippen LogP) is 6.27. The van der Waals surface area contributed by atoms with Gasteiger partial charge >= 0.3 is 0 Å². The Bertz CT molecular complexity index is 1100. The summed E-state index contributed by atoms with van der Waals surface area (Å²) in [7, 11) is 0. The molecule has 5 nitrogen and oxygen atoms in total. The van der Waals surface area contributed by atoms with E-state index in [4.69, 9.17) is 21.7 Å². The molecule has 1 unspecified atom stereocenters. The minimum atomic E-state index is -0.133. The van der Waals surface area contributed by atoms with Crippen molar-refractivity contribution < 1.29 is 4.52 Å². The summed E-state index contributed by atoms with van der Waals surface area (Å²) in [5, 5.41) is 10.6. The van der Waals surface area contributed by atoms with Crippen LogP contribution in [0.15, 0.2) is 45.9 Å². The number of hydrogen-bond donors (Lipinski definition) is 1. The number of nitrogens with one attached hydrogen (secondary N) is 1. The van der Waals surface area contributed by atoms with Crippen molar-refractivity contribution in [2.75, 3.05) is 6.54 Å². The van der Waals surface area contributed by atoms with Crippen LogP contribution in [0, 0.1) is 13.8 Å². The van der Waals surface area contributed by atoms with Gasteiger partial charge in [0.15, 0.2) is 5.11 Å². The highest BCUT2D eigenvalue weighted by atomic mass is 32.1. The third-order valence-electron chi connectivity index (χ3n) is 5.84. The van der Waals surface area contributed by atoms with E-state index in [0.717, 1.165) is 39.8 Å². The Morgan fingerprint density at radius 1 is 1.16 bits per heavy atom. The fourth-order valence-corrected chi connectivity index (χ4v) is 4.88. The number of nitrogens with zero attached hydrogens (tertiary/aromatic N) is 3. The van der Waals surface area contributed by atoms with Crippen LogP contribution in [0.3, 0.4) is 0 Å². The highest BCUT2D eigenvalue weighted by molar-refractivity contribution is 7.80. The van der Waals surface area contributed by atoms with Gasteiger partial charge in [0.2, 0.25) is 5.82 Å². The van der Waals surface area contributed by atoms with E-state index < -0.39 is 0 Å². The van der Waals surface area contributed by atoms with Crippen LogP contribution in [0.25, 0.3) is 16.3 Å². The van der Waals surface area contributed by atoms with Crippen molar-refractivity contribution in [1.29, 1.82) is 0 Å². The van der Waals surface area contributed by atoms with Gasteiger partial charge in [0, 0.05) is 12.2 Å². The maximum atomic E-state index is 5.79. The highest BCUT2D eigenvalue weighted by Crippen LogP contribution is 2.38. The Labute approximate surface area is 193 Å². The summed E-state index contributed by atoms with van der Waals surface area (Å²) >= 11 is 7.38.